The van der Waals surface area contributed by atoms with Crippen molar-refractivity contribution in [1.29, 1.82) is 0 Å². The molecule has 0 heterocycles. The maximum absolute atomic E-state index is 12.0. The number of hydrogen-bond donors (Lipinski definition) is 2. The summed E-state index contributed by atoms with van der Waals surface area (Å²) in [5, 5.41) is 8.35. The van der Waals surface area contributed by atoms with Gasteiger partial charge in [-0.05, 0) is 18.1 Å². The zero-order valence-corrected chi connectivity index (χ0v) is 13.0. The molecule has 0 spiro atoms. The van der Waals surface area contributed by atoms with Gasteiger partial charge in [-0.3, -0.25) is 4.84 Å². The van der Waals surface area contributed by atoms with E-state index in [1.165, 1.54) is 0 Å². The Bertz CT molecular complexity index is 615. The number of rotatable bonds is 6. The normalized spacial score (nSPS) is 11.8. The summed E-state index contributed by atoms with van der Waals surface area (Å²) in [4.78, 5) is 17.3. The number of hydrogen-bond acceptors (Lipinski definition) is 4. The number of carbonyl (C=O) groups is 1. The van der Waals surface area contributed by atoms with E-state index in [0.29, 0.717) is 0 Å². The third-order valence-corrected chi connectivity index (χ3v) is 4.22. The molecule has 0 saturated heterocycles. The minimum atomic E-state index is -4.09. The fourth-order valence-corrected chi connectivity index (χ4v) is 3.00. The quantitative estimate of drug-likeness (QED) is 0.775. The second-order valence-electron chi connectivity index (χ2n) is 4.33. The van der Waals surface area contributed by atoms with Gasteiger partial charge in [-0.15, -0.1) is 0 Å². The number of sulfonamides is 1. The number of nitrogens with one attached hydrogen (secondary N) is 1. The van der Waals surface area contributed by atoms with Crippen LogP contribution in [0.2, 0.25) is 10.0 Å². The van der Waals surface area contributed by atoms with Crippen LogP contribution in [0.4, 0.5) is 0 Å². The Labute approximate surface area is 126 Å². The monoisotopic (exact) mass is 341 g/mol. The van der Waals surface area contributed by atoms with Gasteiger partial charge >= 0.3 is 5.97 Å². The van der Waals surface area contributed by atoms with E-state index in [1.54, 1.807) is 0 Å². The molecular weight excluding hydrogens is 329 g/mol. The molecule has 0 radical (unpaired) electrons. The molecule has 1 aromatic rings. The highest BCUT2D eigenvalue weighted by Crippen LogP contribution is 2.30. The third kappa shape index (κ3) is 4.07. The largest absolute Gasteiger partial charge is 0.478 e. The van der Waals surface area contributed by atoms with Crippen LogP contribution in [0.1, 0.15) is 24.2 Å². The molecule has 1 rings (SSSR count). The van der Waals surface area contributed by atoms with Gasteiger partial charge in [-0.25, -0.2) is 13.2 Å². The smallest absolute Gasteiger partial charge is 0.338 e. The number of aromatic carboxylic acids is 1. The Morgan fingerprint density at radius 1 is 1.40 bits per heavy atom. The van der Waals surface area contributed by atoms with Crippen LogP contribution in [0.15, 0.2) is 17.0 Å². The van der Waals surface area contributed by atoms with Crippen LogP contribution in [-0.2, 0) is 14.9 Å². The van der Waals surface area contributed by atoms with Crippen LogP contribution in [0.5, 0.6) is 0 Å². The molecule has 0 bridgehead atoms. The minimum Gasteiger partial charge on any atom is -0.478 e. The number of carboxylic acids is 1. The molecule has 1 aromatic carbocycles. The van der Waals surface area contributed by atoms with Crippen LogP contribution >= 0.6 is 23.2 Å². The second-order valence-corrected chi connectivity index (χ2v) is 6.73. The summed E-state index contributed by atoms with van der Waals surface area (Å²) in [6.45, 7) is 3.84. The van der Waals surface area contributed by atoms with E-state index in [4.69, 9.17) is 33.1 Å². The predicted octanol–water partition coefficient (Wildman–Crippen LogP) is 2.56. The van der Waals surface area contributed by atoms with Crippen molar-refractivity contribution in [3.05, 3.63) is 27.7 Å². The molecule has 0 aliphatic carbocycles. The van der Waals surface area contributed by atoms with Crippen molar-refractivity contribution >= 4 is 39.2 Å². The van der Waals surface area contributed by atoms with Crippen LogP contribution in [0, 0.1) is 5.92 Å². The summed E-state index contributed by atoms with van der Waals surface area (Å²) >= 11 is 11.5. The van der Waals surface area contributed by atoms with Crippen LogP contribution in [0.25, 0.3) is 0 Å². The lowest BCUT2D eigenvalue weighted by atomic mass is 10.2. The van der Waals surface area contributed by atoms with Gasteiger partial charge in [-0.2, -0.15) is 0 Å². The van der Waals surface area contributed by atoms with Gasteiger partial charge in [-0.1, -0.05) is 41.9 Å². The third-order valence-electron chi connectivity index (χ3n) is 2.14. The molecule has 0 aliphatic heterocycles. The zero-order chi connectivity index (χ0) is 15.5. The SMILES string of the molecule is CC(C)CONS(=O)(=O)c1ccc(Cl)c(C(=O)O)c1Cl. The van der Waals surface area contributed by atoms with Crippen molar-refractivity contribution in [1.82, 2.24) is 4.89 Å². The first-order valence-corrected chi connectivity index (χ1v) is 7.75. The van der Waals surface area contributed by atoms with Crippen molar-refractivity contribution in [2.24, 2.45) is 5.92 Å². The van der Waals surface area contributed by atoms with Gasteiger partial charge < -0.3 is 5.11 Å². The molecule has 0 aliphatic rings. The van der Waals surface area contributed by atoms with Crippen LogP contribution in [0.3, 0.4) is 0 Å². The maximum Gasteiger partial charge on any atom is 0.338 e. The molecule has 0 aromatic heterocycles. The van der Waals surface area contributed by atoms with E-state index in [1.807, 2.05) is 18.7 Å². The number of halogens is 2. The molecule has 9 heteroatoms. The Morgan fingerprint density at radius 2 is 2.00 bits per heavy atom. The molecule has 0 fully saturated rings. The summed E-state index contributed by atoms with van der Waals surface area (Å²) < 4.78 is 23.9. The van der Waals surface area contributed by atoms with E-state index in [-0.39, 0.29) is 17.5 Å². The number of carboxylic acid groups (broad SMARTS) is 1. The average Bonchev–Trinajstić information content (AvgIpc) is 2.26. The highest BCUT2D eigenvalue weighted by Gasteiger charge is 2.25. The van der Waals surface area contributed by atoms with Gasteiger partial charge in [0, 0.05) is 0 Å². The van der Waals surface area contributed by atoms with Crippen molar-refractivity contribution < 1.29 is 23.2 Å². The summed E-state index contributed by atoms with van der Waals surface area (Å²) in [6, 6.07) is 2.26. The first-order chi connectivity index (χ1) is 9.16. The van der Waals surface area contributed by atoms with Gasteiger partial charge in [0.1, 0.15) is 4.90 Å². The van der Waals surface area contributed by atoms with Gasteiger partial charge in [0.2, 0.25) is 0 Å². The summed E-state index contributed by atoms with van der Waals surface area (Å²) in [7, 11) is -4.09. The van der Waals surface area contributed by atoms with Crippen LogP contribution < -0.4 is 4.89 Å². The Morgan fingerprint density at radius 3 is 2.50 bits per heavy atom. The fourth-order valence-electron chi connectivity index (χ4n) is 1.26. The van der Waals surface area contributed by atoms with E-state index in [9.17, 15) is 13.2 Å². The minimum absolute atomic E-state index is 0.118. The number of benzene rings is 1. The van der Waals surface area contributed by atoms with E-state index in [0.717, 1.165) is 12.1 Å². The summed E-state index contributed by atoms with van der Waals surface area (Å²) in [5.41, 5.74) is -0.472. The van der Waals surface area contributed by atoms with E-state index < -0.39 is 31.5 Å². The molecular formula is C11H13Cl2NO5S. The first kappa shape index (κ1) is 17.2. The first-order valence-electron chi connectivity index (χ1n) is 5.51. The zero-order valence-electron chi connectivity index (χ0n) is 10.7. The molecule has 112 valence electrons. The van der Waals surface area contributed by atoms with Crippen LogP contribution in [-0.4, -0.2) is 26.1 Å². The molecule has 0 atom stereocenters. The Kier molecular flexibility index (Phi) is 5.79. The van der Waals surface area contributed by atoms with Crippen molar-refractivity contribution in [3.63, 3.8) is 0 Å². The van der Waals surface area contributed by atoms with E-state index >= 15 is 0 Å². The lowest BCUT2D eigenvalue weighted by Crippen LogP contribution is -2.26. The molecule has 0 amide bonds. The second kappa shape index (κ2) is 6.73. The predicted molar refractivity (Wildman–Crippen MR) is 74.5 cm³/mol. The Hall–Kier alpha value is -0.860. The summed E-state index contributed by atoms with van der Waals surface area (Å²) in [6.07, 6.45) is 0. The van der Waals surface area contributed by atoms with Crippen molar-refractivity contribution in [3.8, 4) is 0 Å². The van der Waals surface area contributed by atoms with Gasteiger partial charge in [0.05, 0.1) is 22.2 Å². The maximum atomic E-state index is 12.0. The summed E-state index contributed by atoms with van der Waals surface area (Å²) in [5.74, 6) is -1.30. The molecule has 0 unspecified atom stereocenters. The molecule has 0 saturated carbocycles. The van der Waals surface area contributed by atoms with Crippen molar-refractivity contribution in [2.45, 2.75) is 18.7 Å². The molecule has 2 N–H and O–H groups in total. The standard InChI is InChI=1S/C11H13Cl2NO5S/c1-6(2)5-19-14-20(17,18)8-4-3-7(12)9(10(8)13)11(15)16/h3-4,6,14H,5H2,1-2H3,(H,15,16). The fraction of sp³-hybridized carbons (Fsp3) is 0.364. The van der Waals surface area contributed by atoms with Gasteiger partial charge in [0.15, 0.2) is 0 Å². The highest BCUT2D eigenvalue weighted by molar-refractivity contribution is 7.89. The average molecular weight is 342 g/mol. The molecule has 20 heavy (non-hydrogen) atoms. The lowest BCUT2D eigenvalue weighted by Gasteiger charge is -2.11. The van der Waals surface area contributed by atoms with Gasteiger partial charge in [0.25, 0.3) is 10.0 Å². The Balaban J connectivity index is 3.13. The highest BCUT2D eigenvalue weighted by atomic mass is 35.5. The lowest BCUT2D eigenvalue weighted by molar-refractivity contribution is 0.0696. The topological polar surface area (TPSA) is 92.7 Å². The molecule has 6 nitrogen and oxygen atoms in total. The van der Waals surface area contributed by atoms with E-state index in [2.05, 4.69) is 0 Å². The van der Waals surface area contributed by atoms with Crippen molar-refractivity contribution in [2.75, 3.05) is 6.61 Å².